The SMILES string of the molecule is CCOc1ccc(C(=O)Nc2ccc3oc(-c4ccc(F)cc4)nc3c2)cc1[N+](=O)[O-]. The van der Waals surface area contributed by atoms with Crippen LogP contribution in [-0.2, 0) is 0 Å². The normalized spacial score (nSPS) is 10.8. The first-order valence-electron chi connectivity index (χ1n) is 9.33. The minimum atomic E-state index is -0.597. The molecule has 0 saturated heterocycles. The molecule has 4 rings (SSSR count). The number of benzene rings is 3. The van der Waals surface area contributed by atoms with Crippen LogP contribution in [0.2, 0.25) is 0 Å². The number of nitro benzene ring substituents is 1. The van der Waals surface area contributed by atoms with Gasteiger partial charge in [-0.25, -0.2) is 9.37 Å². The molecule has 0 unspecified atom stereocenters. The van der Waals surface area contributed by atoms with Crippen LogP contribution in [0.15, 0.2) is 65.1 Å². The Hall–Kier alpha value is -4.27. The molecule has 1 amide bonds. The summed E-state index contributed by atoms with van der Waals surface area (Å²) >= 11 is 0. The summed E-state index contributed by atoms with van der Waals surface area (Å²) in [6, 6.07) is 14.6. The van der Waals surface area contributed by atoms with Gasteiger partial charge in [0.05, 0.1) is 11.5 Å². The number of aromatic nitrogens is 1. The lowest BCUT2D eigenvalue weighted by Crippen LogP contribution is -2.12. The molecule has 9 heteroatoms. The van der Waals surface area contributed by atoms with E-state index in [1.165, 1.54) is 30.3 Å². The van der Waals surface area contributed by atoms with Crippen LogP contribution in [-0.4, -0.2) is 22.4 Å². The Morgan fingerprint density at radius 2 is 1.94 bits per heavy atom. The summed E-state index contributed by atoms with van der Waals surface area (Å²) < 4.78 is 24.0. The average Bonchev–Trinajstić information content (AvgIpc) is 3.18. The minimum absolute atomic E-state index is 0.0985. The predicted octanol–water partition coefficient (Wildman–Crippen LogP) is 5.19. The fourth-order valence-electron chi connectivity index (χ4n) is 3.00. The van der Waals surface area contributed by atoms with Gasteiger partial charge in [-0.15, -0.1) is 0 Å². The second-order valence-electron chi connectivity index (χ2n) is 6.54. The minimum Gasteiger partial charge on any atom is -0.487 e. The van der Waals surface area contributed by atoms with Gasteiger partial charge in [-0.05, 0) is 61.5 Å². The number of hydrogen-bond acceptors (Lipinski definition) is 6. The smallest absolute Gasteiger partial charge is 0.311 e. The Balaban J connectivity index is 1.58. The number of rotatable bonds is 6. The number of carbonyl (C=O) groups is 1. The highest BCUT2D eigenvalue weighted by molar-refractivity contribution is 6.05. The number of hydrogen-bond donors (Lipinski definition) is 1. The lowest BCUT2D eigenvalue weighted by molar-refractivity contribution is -0.385. The maximum atomic E-state index is 13.1. The van der Waals surface area contributed by atoms with Crippen LogP contribution in [0.5, 0.6) is 5.75 Å². The molecule has 0 aliphatic heterocycles. The van der Waals surface area contributed by atoms with Crippen molar-refractivity contribution in [1.82, 2.24) is 4.98 Å². The largest absolute Gasteiger partial charge is 0.487 e. The molecule has 0 atom stereocenters. The number of fused-ring (bicyclic) bond motifs is 1. The molecule has 3 aromatic carbocycles. The number of carbonyl (C=O) groups excluding carboxylic acids is 1. The fraction of sp³-hybridized carbons (Fsp3) is 0.0909. The van der Waals surface area contributed by atoms with Gasteiger partial charge in [-0.1, -0.05) is 0 Å². The standard InChI is InChI=1S/C22H16FN3O5/c1-2-30-20-9-5-14(11-18(20)26(28)29)21(27)24-16-8-10-19-17(12-16)25-22(31-19)13-3-6-15(23)7-4-13/h3-12H,2H2,1H3,(H,24,27). The van der Waals surface area contributed by atoms with E-state index in [-0.39, 0.29) is 29.4 Å². The van der Waals surface area contributed by atoms with E-state index in [1.807, 2.05) is 0 Å². The molecule has 0 spiro atoms. The van der Waals surface area contributed by atoms with E-state index >= 15 is 0 Å². The van der Waals surface area contributed by atoms with Gasteiger partial charge in [0.1, 0.15) is 11.3 Å². The average molecular weight is 421 g/mol. The molecule has 0 saturated carbocycles. The number of nitrogens with zero attached hydrogens (tertiary/aromatic N) is 2. The van der Waals surface area contributed by atoms with Gasteiger partial charge < -0.3 is 14.5 Å². The number of nitrogens with one attached hydrogen (secondary N) is 1. The summed E-state index contributed by atoms with van der Waals surface area (Å²) in [6.07, 6.45) is 0. The summed E-state index contributed by atoms with van der Waals surface area (Å²) in [5.41, 5.74) is 1.87. The third kappa shape index (κ3) is 4.20. The third-order valence-corrected chi connectivity index (χ3v) is 4.45. The van der Waals surface area contributed by atoms with Gasteiger partial charge in [0.25, 0.3) is 5.91 Å². The first-order valence-corrected chi connectivity index (χ1v) is 9.33. The summed E-state index contributed by atoms with van der Waals surface area (Å²) in [4.78, 5) is 27.6. The topological polar surface area (TPSA) is 108 Å². The van der Waals surface area contributed by atoms with Gasteiger partial charge in [-0.2, -0.15) is 0 Å². The Kier molecular flexibility index (Phi) is 5.31. The highest BCUT2D eigenvalue weighted by Gasteiger charge is 2.19. The molecular formula is C22H16FN3O5. The number of anilines is 1. The van der Waals surface area contributed by atoms with Gasteiger partial charge in [0.2, 0.25) is 5.89 Å². The Morgan fingerprint density at radius 3 is 2.65 bits per heavy atom. The molecule has 0 radical (unpaired) electrons. The quantitative estimate of drug-likeness (QED) is 0.339. The number of amides is 1. The van der Waals surface area contributed by atoms with Crippen molar-refractivity contribution in [2.75, 3.05) is 11.9 Å². The molecule has 1 N–H and O–H groups in total. The van der Waals surface area contributed by atoms with E-state index < -0.39 is 10.8 Å². The maximum Gasteiger partial charge on any atom is 0.311 e. The van der Waals surface area contributed by atoms with Crippen LogP contribution < -0.4 is 10.1 Å². The number of nitro groups is 1. The zero-order valence-corrected chi connectivity index (χ0v) is 16.3. The highest BCUT2D eigenvalue weighted by Crippen LogP contribution is 2.29. The van der Waals surface area contributed by atoms with Crippen molar-refractivity contribution < 1.29 is 23.3 Å². The van der Waals surface area contributed by atoms with Gasteiger partial charge in [0.15, 0.2) is 11.3 Å². The van der Waals surface area contributed by atoms with Crippen LogP contribution in [0, 0.1) is 15.9 Å². The number of oxazole rings is 1. The molecule has 0 bridgehead atoms. The van der Waals surface area contributed by atoms with E-state index in [0.29, 0.717) is 28.2 Å². The van der Waals surface area contributed by atoms with E-state index in [1.54, 1.807) is 37.3 Å². The lowest BCUT2D eigenvalue weighted by atomic mass is 10.1. The summed E-state index contributed by atoms with van der Waals surface area (Å²) in [7, 11) is 0. The first kappa shape index (κ1) is 20.0. The van der Waals surface area contributed by atoms with Crippen molar-refractivity contribution >= 4 is 28.4 Å². The molecule has 156 valence electrons. The lowest BCUT2D eigenvalue weighted by Gasteiger charge is -2.07. The Bertz CT molecular complexity index is 1280. The summed E-state index contributed by atoms with van der Waals surface area (Å²) in [6.45, 7) is 1.98. The van der Waals surface area contributed by atoms with Gasteiger partial charge in [0, 0.05) is 22.9 Å². The summed E-state index contributed by atoms with van der Waals surface area (Å²) in [5.74, 6) is -0.464. The molecule has 4 aromatic rings. The van der Waals surface area contributed by atoms with Crippen LogP contribution >= 0.6 is 0 Å². The molecule has 0 fully saturated rings. The molecule has 0 aliphatic rings. The van der Waals surface area contributed by atoms with Crippen molar-refractivity contribution in [3.8, 4) is 17.2 Å². The Labute approximate surface area is 175 Å². The molecule has 31 heavy (non-hydrogen) atoms. The van der Waals surface area contributed by atoms with Crippen molar-refractivity contribution in [1.29, 1.82) is 0 Å². The molecule has 1 aromatic heterocycles. The van der Waals surface area contributed by atoms with Crippen LogP contribution in [0.4, 0.5) is 15.8 Å². The van der Waals surface area contributed by atoms with Crippen molar-refractivity contribution in [3.05, 3.63) is 82.2 Å². The highest BCUT2D eigenvalue weighted by atomic mass is 19.1. The van der Waals surface area contributed by atoms with Crippen LogP contribution in [0.1, 0.15) is 17.3 Å². The Morgan fingerprint density at radius 1 is 1.16 bits per heavy atom. The van der Waals surface area contributed by atoms with Crippen LogP contribution in [0.25, 0.3) is 22.6 Å². The molecule has 1 heterocycles. The predicted molar refractivity (Wildman–Crippen MR) is 112 cm³/mol. The monoisotopic (exact) mass is 421 g/mol. The second-order valence-corrected chi connectivity index (χ2v) is 6.54. The van der Waals surface area contributed by atoms with E-state index in [2.05, 4.69) is 10.3 Å². The molecule has 8 nitrogen and oxygen atoms in total. The number of halogens is 1. The first-order chi connectivity index (χ1) is 14.9. The zero-order valence-electron chi connectivity index (χ0n) is 16.3. The van der Waals surface area contributed by atoms with E-state index in [0.717, 1.165) is 0 Å². The zero-order chi connectivity index (χ0) is 22.0. The van der Waals surface area contributed by atoms with Crippen molar-refractivity contribution in [2.45, 2.75) is 6.92 Å². The van der Waals surface area contributed by atoms with Crippen molar-refractivity contribution in [3.63, 3.8) is 0 Å². The number of ether oxygens (including phenoxy) is 1. The van der Waals surface area contributed by atoms with Crippen molar-refractivity contribution in [2.24, 2.45) is 0 Å². The summed E-state index contributed by atoms with van der Waals surface area (Å²) in [5, 5.41) is 14.0. The van der Waals surface area contributed by atoms with Gasteiger partial charge in [-0.3, -0.25) is 14.9 Å². The second kappa shape index (κ2) is 8.23. The molecule has 0 aliphatic carbocycles. The molecular weight excluding hydrogens is 405 g/mol. The maximum absolute atomic E-state index is 13.1. The van der Waals surface area contributed by atoms with E-state index in [4.69, 9.17) is 9.15 Å². The van der Waals surface area contributed by atoms with Crippen LogP contribution in [0.3, 0.4) is 0 Å². The third-order valence-electron chi connectivity index (χ3n) is 4.45. The van der Waals surface area contributed by atoms with Gasteiger partial charge >= 0.3 is 5.69 Å². The van der Waals surface area contributed by atoms with E-state index in [9.17, 15) is 19.3 Å². The fourth-order valence-corrected chi connectivity index (χ4v) is 3.00.